The molecule has 0 aliphatic heterocycles. The van der Waals surface area contributed by atoms with E-state index in [4.69, 9.17) is 14.3 Å². The Morgan fingerprint density at radius 2 is 0.839 bits per heavy atom. The molecule has 1 amide bonds. The van der Waals surface area contributed by atoms with Gasteiger partial charge in [0.15, 0.2) is 0 Å². The molecule has 0 rings (SSSR count). The van der Waals surface area contributed by atoms with E-state index in [9.17, 15) is 14.4 Å². The van der Waals surface area contributed by atoms with Crippen LogP contribution in [0.2, 0.25) is 0 Å². The Kier molecular flexibility index (Phi) is 41.6. The van der Waals surface area contributed by atoms with Crippen molar-refractivity contribution in [1.82, 2.24) is 9.96 Å². The molecule has 0 aromatic carbocycles. The molecule has 8 heteroatoms. The monoisotopic (exact) mass is 795 g/mol. The molecule has 0 aromatic heterocycles. The van der Waals surface area contributed by atoms with Crippen molar-refractivity contribution in [3.05, 3.63) is 0 Å². The largest absolute Gasteiger partial charge is 0.466 e. The maximum atomic E-state index is 12.8. The van der Waals surface area contributed by atoms with Crippen molar-refractivity contribution in [2.24, 2.45) is 0 Å². The molecule has 0 bridgehead atoms. The van der Waals surface area contributed by atoms with Crippen molar-refractivity contribution in [2.75, 3.05) is 40.4 Å². The number of unbranched alkanes of at least 4 members (excludes halogenated alkanes) is 24. The predicted octanol–water partition coefficient (Wildman–Crippen LogP) is 13.5. The van der Waals surface area contributed by atoms with Gasteiger partial charge in [0.2, 0.25) is 5.91 Å². The lowest BCUT2D eigenvalue weighted by Gasteiger charge is -2.23. The number of nitrogens with zero attached hydrogens (tertiary/aromatic N) is 2. The molecule has 0 atom stereocenters. The second-order valence-corrected chi connectivity index (χ2v) is 16.6. The van der Waals surface area contributed by atoms with Crippen LogP contribution in [0.15, 0.2) is 0 Å². The highest BCUT2D eigenvalue weighted by molar-refractivity contribution is 5.74. The van der Waals surface area contributed by atoms with Gasteiger partial charge in [0.25, 0.3) is 0 Å². The topological polar surface area (TPSA) is 85.4 Å². The van der Waals surface area contributed by atoms with E-state index in [-0.39, 0.29) is 23.9 Å². The van der Waals surface area contributed by atoms with E-state index < -0.39 is 0 Å². The molecular weight excluding hydrogens is 701 g/mol. The Bertz CT molecular complexity index is 855. The van der Waals surface area contributed by atoms with Gasteiger partial charge in [0.05, 0.1) is 13.7 Å². The predicted molar refractivity (Wildman–Crippen MR) is 236 cm³/mol. The Balaban J connectivity index is 4.37. The summed E-state index contributed by atoms with van der Waals surface area (Å²) in [5.41, 5.74) is 0. The summed E-state index contributed by atoms with van der Waals surface area (Å²) in [5.74, 6) is -0.0180. The molecule has 0 aliphatic rings. The fraction of sp³-hybridized carbons (Fsp3) is 0.938. The third kappa shape index (κ3) is 37.9. The van der Waals surface area contributed by atoms with Crippen molar-refractivity contribution in [3.63, 3.8) is 0 Å². The lowest BCUT2D eigenvalue weighted by molar-refractivity contribution is -0.168. The first-order valence-corrected chi connectivity index (χ1v) is 24.3. The minimum absolute atomic E-state index is 0.00513. The molecule has 56 heavy (non-hydrogen) atoms. The first kappa shape index (κ1) is 54.3. The van der Waals surface area contributed by atoms with Gasteiger partial charge in [-0.3, -0.25) is 19.2 Å². The fourth-order valence-corrected chi connectivity index (χ4v) is 7.45. The molecule has 0 saturated heterocycles. The van der Waals surface area contributed by atoms with E-state index in [1.54, 1.807) is 7.05 Å². The highest BCUT2D eigenvalue weighted by Crippen LogP contribution is 2.19. The second-order valence-electron chi connectivity index (χ2n) is 16.6. The zero-order chi connectivity index (χ0) is 41.2. The van der Waals surface area contributed by atoms with Crippen LogP contribution in [0.3, 0.4) is 0 Å². The first-order chi connectivity index (χ1) is 27.4. The van der Waals surface area contributed by atoms with E-state index in [0.717, 1.165) is 116 Å². The van der Waals surface area contributed by atoms with Gasteiger partial charge in [-0.2, -0.15) is 0 Å². The number of rotatable bonds is 44. The van der Waals surface area contributed by atoms with Gasteiger partial charge in [-0.15, -0.1) is 0 Å². The SMILES string of the molecule is CCCCCCCCCOC(=O)CCCCCCCN(CCCCCCCC(=O)OC(CCCCCCCC)CCCCCCCC)CCCC(=O)N(C)OC. The average Bonchev–Trinajstić information content (AvgIpc) is 3.19. The minimum atomic E-state index is -0.0398. The molecule has 0 fully saturated rings. The summed E-state index contributed by atoms with van der Waals surface area (Å²) in [5, 5.41) is 1.32. The molecule has 0 spiro atoms. The van der Waals surface area contributed by atoms with Gasteiger partial charge < -0.3 is 14.4 Å². The van der Waals surface area contributed by atoms with Crippen LogP contribution < -0.4 is 0 Å². The van der Waals surface area contributed by atoms with Crippen LogP contribution in [-0.4, -0.2) is 74.3 Å². The normalized spacial score (nSPS) is 11.5. The van der Waals surface area contributed by atoms with E-state index >= 15 is 0 Å². The zero-order valence-corrected chi connectivity index (χ0v) is 38.0. The van der Waals surface area contributed by atoms with E-state index in [1.807, 2.05) is 0 Å². The smallest absolute Gasteiger partial charge is 0.306 e. The summed E-state index contributed by atoms with van der Waals surface area (Å²) >= 11 is 0. The lowest BCUT2D eigenvalue weighted by atomic mass is 10.0. The van der Waals surface area contributed by atoms with Crippen molar-refractivity contribution in [2.45, 2.75) is 252 Å². The van der Waals surface area contributed by atoms with E-state index in [1.165, 1.54) is 121 Å². The van der Waals surface area contributed by atoms with Gasteiger partial charge in [0, 0.05) is 26.3 Å². The quantitative estimate of drug-likeness (QED) is 0.0345. The summed E-state index contributed by atoms with van der Waals surface area (Å²) in [4.78, 5) is 44.7. The molecule has 0 saturated carbocycles. The van der Waals surface area contributed by atoms with Crippen LogP contribution in [0.25, 0.3) is 0 Å². The molecule has 0 unspecified atom stereocenters. The summed E-state index contributed by atoms with van der Waals surface area (Å²) < 4.78 is 11.5. The molecule has 0 N–H and O–H groups in total. The van der Waals surface area contributed by atoms with E-state index in [2.05, 4.69) is 25.7 Å². The molecular formula is C48H94N2O6. The number of hydrogen-bond acceptors (Lipinski definition) is 7. The van der Waals surface area contributed by atoms with Crippen LogP contribution in [-0.2, 0) is 28.7 Å². The Morgan fingerprint density at radius 3 is 1.32 bits per heavy atom. The maximum absolute atomic E-state index is 12.8. The third-order valence-corrected chi connectivity index (χ3v) is 11.3. The molecule has 0 heterocycles. The summed E-state index contributed by atoms with van der Waals surface area (Å²) in [6.07, 6.45) is 39.3. The number of esters is 2. The Morgan fingerprint density at radius 1 is 0.446 bits per heavy atom. The highest BCUT2D eigenvalue weighted by atomic mass is 16.7. The number of carbonyl (C=O) groups is 3. The van der Waals surface area contributed by atoms with Crippen molar-refractivity contribution in [3.8, 4) is 0 Å². The minimum Gasteiger partial charge on any atom is -0.466 e. The van der Waals surface area contributed by atoms with Gasteiger partial charge in [-0.25, -0.2) is 5.06 Å². The fourth-order valence-electron chi connectivity index (χ4n) is 7.45. The Labute approximate surface area is 347 Å². The number of hydrogen-bond donors (Lipinski definition) is 0. The first-order valence-electron chi connectivity index (χ1n) is 24.3. The van der Waals surface area contributed by atoms with Gasteiger partial charge >= 0.3 is 11.9 Å². The molecule has 0 aromatic rings. The van der Waals surface area contributed by atoms with E-state index in [0.29, 0.717) is 25.9 Å². The lowest BCUT2D eigenvalue weighted by Crippen LogP contribution is -2.30. The van der Waals surface area contributed by atoms with Crippen LogP contribution in [0.4, 0.5) is 0 Å². The van der Waals surface area contributed by atoms with Crippen LogP contribution in [0.5, 0.6) is 0 Å². The average molecular weight is 795 g/mol. The van der Waals surface area contributed by atoms with Crippen LogP contribution in [0.1, 0.15) is 245 Å². The van der Waals surface area contributed by atoms with Crippen molar-refractivity contribution >= 4 is 17.8 Å². The highest BCUT2D eigenvalue weighted by Gasteiger charge is 2.15. The Hall–Kier alpha value is -1.67. The number of hydroxylamine groups is 2. The second kappa shape index (κ2) is 42.9. The summed E-state index contributed by atoms with van der Waals surface area (Å²) in [7, 11) is 3.19. The standard InChI is InChI=1S/C48H94N2O6/c1-6-9-12-15-18-27-34-44-55-47(52)39-30-23-19-25-32-41-50(43-35-38-46(51)49(4)54-5)42-33-26-20-24-31-40-48(53)56-45(36-28-21-16-13-10-7-2)37-29-22-17-14-11-8-3/h45H,6-44H2,1-5H3. The molecule has 0 radical (unpaired) electrons. The van der Waals surface area contributed by atoms with Crippen LogP contribution >= 0.6 is 0 Å². The molecule has 8 nitrogen and oxygen atoms in total. The molecule has 332 valence electrons. The number of amides is 1. The number of ether oxygens (including phenoxy) is 2. The molecule has 0 aliphatic carbocycles. The van der Waals surface area contributed by atoms with Crippen molar-refractivity contribution in [1.29, 1.82) is 0 Å². The third-order valence-electron chi connectivity index (χ3n) is 11.3. The zero-order valence-electron chi connectivity index (χ0n) is 38.0. The summed E-state index contributed by atoms with van der Waals surface area (Å²) in [6.45, 7) is 10.3. The van der Waals surface area contributed by atoms with Crippen molar-refractivity contribution < 1.29 is 28.7 Å². The maximum Gasteiger partial charge on any atom is 0.306 e. The van der Waals surface area contributed by atoms with Gasteiger partial charge in [0.1, 0.15) is 6.10 Å². The number of carbonyl (C=O) groups excluding carboxylic acids is 3. The summed E-state index contributed by atoms with van der Waals surface area (Å²) in [6, 6.07) is 0. The van der Waals surface area contributed by atoms with Gasteiger partial charge in [-0.05, 0) is 83.8 Å². The van der Waals surface area contributed by atoms with Crippen LogP contribution in [0, 0.1) is 0 Å². The van der Waals surface area contributed by atoms with Gasteiger partial charge in [-0.1, -0.05) is 162 Å².